The average Bonchev–Trinajstić information content (AvgIpc) is 2.63. The Balaban J connectivity index is 1.67. The van der Waals surface area contributed by atoms with E-state index >= 15 is 0 Å². The van der Waals surface area contributed by atoms with E-state index in [2.05, 4.69) is 32.1 Å². The van der Waals surface area contributed by atoms with Gasteiger partial charge in [-0.15, -0.1) is 0 Å². The Morgan fingerprint density at radius 3 is 2.56 bits per heavy atom. The first kappa shape index (κ1) is 17.2. The molecule has 0 unspecified atom stereocenters. The van der Waals surface area contributed by atoms with Crippen LogP contribution in [0.4, 0.5) is 17.3 Å². The summed E-state index contributed by atoms with van der Waals surface area (Å²) < 4.78 is 4.99. The summed E-state index contributed by atoms with van der Waals surface area (Å²) in [5.74, 6) is 1.34. The number of hydrogen-bond donors (Lipinski definition) is 1. The van der Waals surface area contributed by atoms with Crippen LogP contribution in [0.3, 0.4) is 0 Å². The molecule has 132 valence electrons. The van der Waals surface area contributed by atoms with Crippen LogP contribution in [0.2, 0.25) is 0 Å². The number of nitrogens with one attached hydrogen (secondary N) is 1. The molecule has 0 amide bonds. The Bertz CT molecular complexity index is 712. The number of anilines is 3. The first-order valence-electron chi connectivity index (χ1n) is 8.45. The molecule has 0 spiro atoms. The van der Waals surface area contributed by atoms with Crippen LogP contribution >= 0.6 is 0 Å². The predicted octanol–water partition coefficient (Wildman–Crippen LogP) is 2.15. The maximum Gasteiger partial charge on any atom is 0.338 e. The first-order chi connectivity index (χ1) is 12.2. The third-order valence-electron chi connectivity index (χ3n) is 4.15. The molecule has 1 saturated heterocycles. The molecule has 0 bridgehead atoms. The van der Waals surface area contributed by atoms with Crippen LogP contribution in [0.25, 0.3) is 0 Å². The van der Waals surface area contributed by atoms with Gasteiger partial charge < -0.3 is 19.9 Å². The Morgan fingerprint density at radius 1 is 1.16 bits per heavy atom. The van der Waals surface area contributed by atoms with Gasteiger partial charge in [-0.3, -0.25) is 0 Å². The van der Waals surface area contributed by atoms with E-state index in [9.17, 15) is 4.79 Å². The summed E-state index contributed by atoms with van der Waals surface area (Å²) in [7, 11) is 2.13. The maximum absolute atomic E-state index is 11.7. The molecule has 1 aliphatic heterocycles. The van der Waals surface area contributed by atoms with E-state index in [1.807, 2.05) is 18.2 Å². The molecule has 1 N–H and O–H groups in total. The van der Waals surface area contributed by atoms with Crippen molar-refractivity contribution >= 4 is 23.3 Å². The fourth-order valence-corrected chi connectivity index (χ4v) is 2.68. The highest BCUT2D eigenvalue weighted by Crippen LogP contribution is 2.20. The number of piperazine rings is 1. The Labute approximate surface area is 147 Å². The molecular weight excluding hydrogens is 318 g/mol. The normalized spacial score (nSPS) is 15.0. The number of carbonyl (C=O) groups excluding carboxylic acids is 1. The van der Waals surface area contributed by atoms with Gasteiger partial charge in [-0.1, -0.05) is 0 Å². The predicted molar refractivity (Wildman–Crippen MR) is 97.4 cm³/mol. The monoisotopic (exact) mass is 341 g/mol. The van der Waals surface area contributed by atoms with Gasteiger partial charge in [0.2, 0.25) is 0 Å². The van der Waals surface area contributed by atoms with Gasteiger partial charge in [0.05, 0.1) is 12.2 Å². The van der Waals surface area contributed by atoms with Crippen molar-refractivity contribution in [2.75, 3.05) is 50.1 Å². The molecule has 25 heavy (non-hydrogen) atoms. The molecule has 0 aliphatic carbocycles. The molecule has 3 rings (SSSR count). The molecule has 0 atom stereocenters. The number of esters is 1. The molecule has 7 nitrogen and oxygen atoms in total. The van der Waals surface area contributed by atoms with Gasteiger partial charge in [0.15, 0.2) is 0 Å². The number of benzene rings is 1. The standard InChI is InChI=1S/C18H23N5O2/c1-3-25-18(24)14-4-6-15(7-5-14)21-16-12-17(20-13-19-16)23-10-8-22(2)9-11-23/h4-7,12-13H,3,8-11H2,1-2H3,(H,19,20,21). The molecule has 0 saturated carbocycles. The number of ether oxygens (including phenoxy) is 1. The number of hydrogen-bond acceptors (Lipinski definition) is 7. The van der Waals surface area contributed by atoms with Crippen molar-refractivity contribution in [1.29, 1.82) is 0 Å². The molecule has 1 aromatic carbocycles. The van der Waals surface area contributed by atoms with Crippen LogP contribution in [0.15, 0.2) is 36.7 Å². The molecule has 1 aromatic heterocycles. The number of nitrogens with zero attached hydrogens (tertiary/aromatic N) is 4. The Hall–Kier alpha value is -2.67. The second-order valence-electron chi connectivity index (χ2n) is 5.97. The van der Waals surface area contributed by atoms with Gasteiger partial charge in [0.1, 0.15) is 18.0 Å². The van der Waals surface area contributed by atoms with E-state index < -0.39 is 0 Å². The van der Waals surface area contributed by atoms with Crippen LogP contribution in [0, 0.1) is 0 Å². The summed E-state index contributed by atoms with van der Waals surface area (Å²) in [5, 5.41) is 3.25. The molecular formula is C18H23N5O2. The summed E-state index contributed by atoms with van der Waals surface area (Å²) in [4.78, 5) is 24.9. The van der Waals surface area contributed by atoms with Crippen molar-refractivity contribution in [3.05, 3.63) is 42.2 Å². The van der Waals surface area contributed by atoms with Crippen molar-refractivity contribution < 1.29 is 9.53 Å². The van der Waals surface area contributed by atoms with E-state index in [-0.39, 0.29) is 5.97 Å². The molecule has 0 radical (unpaired) electrons. The van der Waals surface area contributed by atoms with Crippen molar-refractivity contribution in [2.45, 2.75) is 6.92 Å². The minimum atomic E-state index is -0.312. The largest absolute Gasteiger partial charge is 0.462 e. The topological polar surface area (TPSA) is 70.6 Å². The van der Waals surface area contributed by atoms with Crippen LogP contribution in [0.1, 0.15) is 17.3 Å². The number of likely N-dealkylation sites (N-methyl/N-ethyl adjacent to an activating group) is 1. The quantitative estimate of drug-likeness (QED) is 0.836. The zero-order valence-electron chi connectivity index (χ0n) is 14.6. The molecule has 1 fully saturated rings. The van der Waals surface area contributed by atoms with Gasteiger partial charge >= 0.3 is 5.97 Å². The first-order valence-corrected chi connectivity index (χ1v) is 8.45. The Morgan fingerprint density at radius 2 is 1.88 bits per heavy atom. The van der Waals surface area contributed by atoms with Crippen LogP contribution in [-0.2, 0) is 4.74 Å². The smallest absolute Gasteiger partial charge is 0.338 e. The fraction of sp³-hybridized carbons (Fsp3) is 0.389. The highest BCUT2D eigenvalue weighted by molar-refractivity contribution is 5.89. The lowest BCUT2D eigenvalue weighted by Crippen LogP contribution is -2.44. The lowest BCUT2D eigenvalue weighted by Gasteiger charge is -2.33. The van der Waals surface area contributed by atoms with Gasteiger partial charge in [-0.05, 0) is 38.2 Å². The second-order valence-corrected chi connectivity index (χ2v) is 5.97. The maximum atomic E-state index is 11.7. The van der Waals surface area contributed by atoms with Gasteiger partial charge in [-0.2, -0.15) is 0 Å². The van der Waals surface area contributed by atoms with Crippen molar-refractivity contribution in [2.24, 2.45) is 0 Å². The van der Waals surface area contributed by atoms with Crippen molar-refractivity contribution in [1.82, 2.24) is 14.9 Å². The zero-order valence-corrected chi connectivity index (χ0v) is 14.6. The fourth-order valence-electron chi connectivity index (χ4n) is 2.68. The Kier molecular flexibility index (Phi) is 5.45. The molecule has 2 heterocycles. The highest BCUT2D eigenvalue weighted by Gasteiger charge is 2.15. The van der Waals surface area contributed by atoms with E-state index in [0.29, 0.717) is 12.2 Å². The SMILES string of the molecule is CCOC(=O)c1ccc(Nc2cc(N3CCN(C)CC3)ncn2)cc1. The summed E-state index contributed by atoms with van der Waals surface area (Å²) in [6, 6.07) is 9.10. The van der Waals surface area contributed by atoms with Crippen LogP contribution in [-0.4, -0.2) is 60.7 Å². The minimum absolute atomic E-state index is 0.312. The molecule has 2 aromatic rings. The van der Waals surface area contributed by atoms with Crippen molar-refractivity contribution in [3.63, 3.8) is 0 Å². The molecule has 1 aliphatic rings. The van der Waals surface area contributed by atoms with Gasteiger partial charge in [-0.25, -0.2) is 14.8 Å². The minimum Gasteiger partial charge on any atom is -0.462 e. The zero-order chi connectivity index (χ0) is 17.6. The van der Waals surface area contributed by atoms with Crippen LogP contribution in [0.5, 0.6) is 0 Å². The summed E-state index contributed by atoms with van der Waals surface area (Å²) in [6.45, 7) is 6.14. The van der Waals surface area contributed by atoms with E-state index in [4.69, 9.17) is 4.74 Å². The lowest BCUT2D eigenvalue weighted by atomic mass is 10.2. The number of carbonyl (C=O) groups is 1. The van der Waals surface area contributed by atoms with E-state index in [1.54, 1.807) is 25.4 Å². The van der Waals surface area contributed by atoms with E-state index in [0.717, 1.165) is 43.5 Å². The van der Waals surface area contributed by atoms with Gasteiger partial charge in [0, 0.05) is 37.9 Å². The summed E-state index contributed by atoms with van der Waals surface area (Å²) >= 11 is 0. The summed E-state index contributed by atoms with van der Waals surface area (Å²) in [6.07, 6.45) is 1.57. The van der Waals surface area contributed by atoms with E-state index in [1.165, 1.54) is 0 Å². The second kappa shape index (κ2) is 7.94. The summed E-state index contributed by atoms with van der Waals surface area (Å²) in [5.41, 5.74) is 1.39. The third kappa shape index (κ3) is 4.45. The van der Waals surface area contributed by atoms with Crippen LogP contribution < -0.4 is 10.2 Å². The lowest BCUT2D eigenvalue weighted by molar-refractivity contribution is 0.0526. The molecule has 7 heteroatoms. The van der Waals surface area contributed by atoms with Gasteiger partial charge in [0.25, 0.3) is 0 Å². The average molecular weight is 341 g/mol. The van der Waals surface area contributed by atoms with Crippen molar-refractivity contribution in [3.8, 4) is 0 Å². The third-order valence-corrected chi connectivity index (χ3v) is 4.15. The number of aromatic nitrogens is 2. The highest BCUT2D eigenvalue weighted by atomic mass is 16.5. The number of rotatable bonds is 5.